The van der Waals surface area contributed by atoms with E-state index in [4.69, 9.17) is 23.3 Å². The van der Waals surface area contributed by atoms with Crippen LogP contribution >= 0.6 is 15.6 Å². The van der Waals surface area contributed by atoms with Gasteiger partial charge in [-0.1, -0.05) is 159 Å². The number of phosphoric ester groups is 2. The number of phosphoric acid groups is 2. The lowest BCUT2D eigenvalue weighted by molar-refractivity contribution is -0.216. The Morgan fingerprint density at radius 1 is 0.561 bits per heavy atom. The van der Waals surface area contributed by atoms with Crippen LogP contribution in [0.5, 0.6) is 0 Å². The van der Waals surface area contributed by atoms with Gasteiger partial charge in [0.05, 0.1) is 18.8 Å². The molecule has 2 fully saturated rings. The van der Waals surface area contributed by atoms with Crippen molar-refractivity contribution in [1.82, 2.24) is 0 Å². The fourth-order valence-electron chi connectivity index (χ4n) is 7.70. The molecule has 1 saturated carbocycles. The number of carbonyl (C=O) groups excluding carboxylic acids is 2. The molecule has 1 aliphatic heterocycles. The van der Waals surface area contributed by atoms with E-state index in [-0.39, 0.29) is 12.8 Å². The number of carbonyl (C=O) groups is 2. The second kappa shape index (κ2) is 35.3. The smallest absolute Gasteiger partial charge is 0.462 e. The van der Waals surface area contributed by atoms with Crippen LogP contribution in [0.3, 0.4) is 0 Å². The Labute approximate surface area is 393 Å². The molecular weight excluding hydrogens is 898 g/mol. The van der Waals surface area contributed by atoms with Gasteiger partial charge in [0.2, 0.25) is 0 Å². The zero-order valence-electron chi connectivity index (χ0n) is 39.6. The Hall–Kier alpha value is -1.82. The molecule has 0 spiro atoms. The predicted molar refractivity (Wildman–Crippen MR) is 250 cm³/mol. The topological polar surface area (TPSA) is 269 Å². The average Bonchev–Trinajstić information content (AvgIpc) is 4.03. The van der Waals surface area contributed by atoms with E-state index < -0.39 is 83.5 Å². The summed E-state index contributed by atoms with van der Waals surface area (Å²) < 4.78 is 55.1. The Morgan fingerprint density at radius 2 is 1.06 bits per heavy atom. The third kappa shape index (κ3) is 28.6. The lowest BCUT2D eigenvalue weighted by atomic mass is 9.85. The summed E-state index contributed by atoms with van der Waals surface area (Å²) in [7, 11) is -10.7. The first-order chi connectivity index (χ1) is 31.6. The molecule has 1 saturated heterocycles. The van der Waals surface area contributed by atoms with Gasteiger partial charge in [0.1, 0.15) is 43.2 Å². The summed E-state index contributed by atoms with van der Waals surface area (Å²) in [5.74, 6) is -1.27. The molecule has 66 heavy (non-hydrogen) atoms. The molecule has 0 aromatic rings. The third-order valence-corrected chi connectivity index (χ3v) is 13.1. The maximum Gasteiger partial charge on any atom is 0.472 e. The largest absolute Gasteiger partial charge is 0.472 e. The first kappa shape index (κ1) is 60.3. The van der Waals surface area contributed by atoms with E-state index >= 15 is 0 Å². The van der Waals surface area contributed by atoms with Crippen molar-refractivity contribution in [1.29, 1.82) is 0 Å². The van der Waals surface area contributed by atoms with Crippen LogP contribution < -0.4 is 0 Å². The van der Waals surface area contributed by atoms with Gasteiger partial charge in [-0.05, 0) is 44.9 Å². The van der Waals surface area contributed by atoms with Crippen LogP contribution in [0.4, 0.5) is 0 Å². The second-order valence-electron chi connectivity index (χ2n) is 17.6. The number of hydrogen-bond acceptors (Lipinski definition) is 14. The van der Waals surface area contributed by atoms with E-state index in [1.54, 1.807) is 0 Å². The number of ether oxygens (including phenoxy) is 3. The van der Waals surface area contributed by atoms with Gasteiger partial charge in [-0.2, -0.15) is 0 Å². The minimum Gasteiger partial charge on any atom is -0.462 e. The van der Waals surface area contributed by atoms with Gasteiger partial charge < -0.3 is 49.3 Å². The molecule has 0 aromatic heterocycles. The molecule has 384 valence electrons. The van der Waals surface area contributed by atoms with E-state index in [0.717, 1.165) is 51.4 Å². The summed E-state index contributed by atoms with van der Waals surface area (Å²) in [6.45, 7) is 3.04. The number of epoxide rings is 1. The molecule has 2 rings (SSSR count). The molecule has 7 N–H and O–H groups in total. The molecule has 0 amide bonds. The van der Waals surface area contributed by atoms with Crippen molar-refractivity contribution in [2.24, 2.45) is 0 Å². The standard InChI is InChI=1S/C47H84O17P2/c1-3-5-7-8-9-10-11-12-13-14-15-19-22-25-29-33-40(48)59-35-37(36-60-66(57,58)64-47-44(52)42(50)43(51)46(45(47)53)63-65(54,55)56)61-41(49)34-30-26-23-20-17-16-18-21-24-28-32-39-38(62-39)31-27-6-4-2/h16,18,20,23-24,28,37-39,42-47,50-53H,3-15,17,19,21-22,25-27,29-36H2,1-2H3,(H,57,58)(H2,54,55,56)/b18-16-,23-20-,28-24-/t37-,38?,39?,42?,43?,44?,45?,46-,47+/m1/s1. The van der Waals surface area contributed by atoms with Crippen LogP contribution in [0.1, 0.15) is 181 Å². The quantitative estimate of drug-likeness (QED) is 0.00997. The van der Waals surface area contributed by atoms with Gasteiger partial charge >= 0.3 is 27.6 Å². The SMILES string of the molecule is CCCCCCCCCCCCCCCCCC(=O)OC[C@H](COP(=O)(O)O[C@H]1C(O)C(O)C(O)[C@@H](OP(=O)(O)O)C1O)OC(=O)CCC/C=C\C/C=C\C/C=C\CC1OC1CCCCC. The van der Waals surface area contributed by atoms with Crippen molar-refractivity contribution in [3.8, 4) is 0 Å². The first-order valence-corrected chi connectivity index (χ1v) is 27.7. The fraction of sp³-hybridized carbons (Fsp3) is 0.830. The Kier molecular flexibility index (Phi) is 32.3. The van der Waals surface area contributed by atoms with Crippen LogP contribution in [0.25, 0.3) is 0 Å². The van der Waals surface area contributed by atoms with Gasteiger partial charge in [-0.15, -0.1) is 0 Å². The van der Waals surface area contributed by atoms with Gasteiger partial charge in [0.25, 0.3) is 0 Å². The van der Waals surface area contributed by atoms with E-state index in [1.807, 2.05) is 12.2 Å². The lowest BCUT2D eigenvalue weighted by Gasteiger charge is -2.43. The molecule has 7 unspecified atom stereocenters. The Morgan fingerprint density at radius 3 is 1.64 bits per heavy atom. The Bertz CT molecular complexity index is 1490. The number of aliphatic hydroxyl groups is 4. The molecule has 19 heteroatoms. The minimum atomic E-state index is -5.37. The predicted octanol–water partition coefficient (Wildman–Crippen LogP) is 8.50. The number of unbranched alkanes of at least 4 members (excludes halogenated alkanes) is 17. The minimum absolute atomic E-state index is 0.0341. The zero-order chi connectivity index (χ0) is 48.6. The molecule has 17 nitrogen and oxygen atoms in total. The number of allylic oxidation sites excluding steroid dienone is 5. The zero-order valence-corrected chi connectivity index (χ0v) is 41.4. The number of hydrogen-bond donors (Lipinski definition) is 7. The highest BCUT2D eigenvalue weighted by Gasteiger charge is 2.54. The van der Waals surface area contributed by atoms with Gasteiger partial charge in [0.15, 0.2) is 6.10 Å². The summed E-state index contributed by atoms with van der Waals surface area (Å²) in [6, 6.07) is 0. The van der Waals surface area contributed by atoms with Crippen molar-refractivity contribution in [2.45, 2.75) is 236 Å². The second-order valence-corrected chi connectivity index (χ2v) is 20.2. The maximum absolute atomic E-state index is 13.0. The highest BCUT2D eigenvalue weighted by Crippen LogP contribution is 2.49. The normalized spacial score (nSPS) is 24.9. The van der Waals surface area contributed by atoms with Crippen LogP contribution in [-0.4, -0.2) is 115 Å². The average molecular weight is 983 g/mol. The first-order valence-electron chi connectivity index (χ1n) is 24.7. The van der Waals surface area contributed by atoms with Crippen LogP contribution in [-0.2, 0) is 46.5 Å². The van der Waals surface area contributed by atoms with Crippen LogP contribution in [0, 0.1) is 0 Å². The van der Waals surface area contributed by atoms with Gasteiger partial charge in [-0.3, -0.25) is 23.2 Å². The summed E-state index contributed by atoms with van der Waals surface area (Å²) in [6.07, 6.45) is 24.2. The molecule has 10 atom stereocenters. The molecular formula is C47H84O17P2. The van der Waals surface area contributed by atoms with Crippen LogP contribution in [0.15, 0.2) is 36.5 Å². The van der Waals surface area contributed by atoms with E-state index in [0.29, 0.717) is 31.5 Å². The monoisotopic (exact) mass is 983 g/mol. The van der Waals surface area contributed by atoms with Crippen LogP contribution in [0.2, 0.25) is 0 Å². The highest BCUT2D eigenvalue weighted by atomic mass is 31.2. The maximum atomic E-state index is 13.0. The highest BCUT2D eigenvalue weighted by molar-refractivity contribution is 7.47. The van der Waals surface area contributed by atoms with Crippen molar-refractivity contribution < 1.29 is 81.6 Å². The van der Waals surface area contributed by atoms with Crippen molar-refractivity contribution in [2.75, 3.05) is 13.2 Å². The molecule has 1 heterocycles. The lowest BCUT2D eigenvalue weighted by Crippen LogP contribution is -2.64. The van der Waals surface area contributed by atoms with Crippen molar-refractivity contribution in [3.05, 3.63) is 36.5 Å². The fourth-order valence-corrected chi connectivity index (χ4v) is 9.24. The summed E-state index contributed by atoms with van der Waals surface area (Å²) in [4.78, 5) is 54.3. The molecule has 0 aromatic carbocycles. The summed E-state index contributed by atoms with van der Waals surface area (Å²) >= 11 is 0. The molecule has 0 radical (unpaired) electrons. The van der Waals surface area contributed by atoms with Gasteiger partial charge in [0, 0.05) is 12.8 Å². The van der Waals surface area contributed by atoms with Gasteiger partial charge in [-0.25, -0.2) is 9.13 Å². The van der Waals surface area contributed by atoms with E-state index in [9.17, 15) is 53.8 Å². The third-order valence-electron chi connectivity index (χ3n) is 11.6. The number of esters is 2. The van der Waals surface area contributed by atoms with Crippen molar-refractivity contribution >= 4 is 27.6 Å². The van der Waals surface area contributed by atoms with E-state index in [1.165, 1.54) is 83.5 Å². The Balaban J connectivity index is 1.80. The number of rotatable bonds is 40. The summed E-state index contributed by atoms with van der Waals surface area (Å²) in [5.41, 5.74) is 0. The molecule has 2 aliphatic rings. The molecule has 0 bridgehead atoms. The molecule has 1 aliphatic carbocycles. The van der Waals surface area contributed by atoms with E-state index in [2.05, 4.69) is 42.7 Å². The summed E-state index contributed by atoms with van der Waals surface area (Å²) in [5, 5.41) is 41.3. The number of aliphatic hydroxyl groups excluding tert-OH is 4. The van der Waals surface area contributed by atoms with Crippen molar-refractivity contribution in [3.63, 3.8) is 0 Å².